The van der Waals surface area contributed by atoms with Crippen molar-refractivity contribution in [2.75, 3.05) is 7.11 Å². The molecule has 0 saturated heterocycles. The number of benzene rings is 2. The van der Waals surface area contributed by atoms with Crippen molar-refractivity contribution in [3.63, 3.8) is 0 Å². The number of hydrogen-bond acceptors (Lipinski definition) is 5. The zero-order valence-corrected chi connectivity index (χ0v) is 12.9. The van der Waals surface area contributed by atoms with Gasteiger partial charge in [0.05, 0.1) is 28.7 Å². The highest BCUT2D eigenvalue weighted by molar-refractivity contribution is 6.02. The van der Waals surface area contributed by atoms with Crippen LogP contribution in [0.2, 0.25) is 0 Å². The lowest BCUT2D eigenvalue weighted by Crippen LogP contribution is -2.00. The molecule has 0 bridgehead atoms. The average Bonchev–Trinajstić information content (AvgIpc) is 2.90. The predicted octanol–water partition coefficient (Wildman–Crippen LogP) is 2.86. The third-order valence-corrected chi connectivity index (χ3v) is 3.78. The van der Waals surface area contributed by atoms with Gasteiger partial charge in [0, 0.05) is 7.05 Å². The van der Waals surface area contributed by atoms with Gasteiger partial charge in [-0.2, -0.15) is 0 Å². The summed E-state index contributed by atoms with van der Waals surface area (Å²) in [5, 5.41) is 20.8. The first-order valence-corrected chi connectivity index (χ1v) is 6.96. The van der Waals surface area contributed by atoms with Crippen LogP contribution in [0.4, 0.5) is 5.69 Å². The first-order valence-electron chi connectivity index (χ1n) is 6.96. The Morgan fingerprint density at radius 1 is 1.29 bits per heavy atom. The molecule has 0 spiro atoms. The van der Waals surface area contributed by atoms with Crippen LogP contribution in [0, 0.1) is 10.1 Å². The molecular formula is C16H13N3O5. The van der Waals surface area contributed by atoms with Gasteiger partial charge in [0.25, 0.3) is 0 Å². The number of nitrogens with zero attached hydrogens (tertiary/aromatic N) is 3. The molecule has 0 radical (unpaired) electrons. The fourth-order valence-electron chi connectivity index (χ4n) is 2.68. The Morgan fingerprint density at radius 2 is 2.00 bits per heavy atom. The lowest BCUT2D eigenvalue weighted by atomic mass is 10.1. The lowest BCUT2D eigenvalue weighted by Gasteiger charge is -2.07. The van der Waals surface area contributed by atoms with Crippen LogP contribution in [0.15, 0.2) is 36.4 Å². The quantitative estimate of drug-likeness (QED) is 0.583. The van der Waals surface area contributed by atoms with Crippen molar-refractivity contribution >= 4 is 22.7 Å². The van der Waals surface area contributed by atoms with Crippen LogP contribution in [-0.4, -0.2) is 32.7 Å². The number of ether oxygens (including phenoxy) is 1. The summed E-state index contributed by atoms with van der Waals surface area (Å²) in [5.74, 6) is -0.697. The van der Waals surface area contributed by atoms with E-state index in [1.54, 1.807) is 35.9 Å². The van der Waals surface area contributed by atoms with Gasteiger partial charge in [-0.15, -0.1) is 0 Å². The Hall–Kier alpha value is -3.42. The molecule has 1 heterocycles. The fourth-order valence-corrected chi connectivity index (χ4v) is 2.68. The SMILES string of the molecule is COc1cccc(-c2nc3c(C(=O)O)cccc3n2C)c1[N+](=O)[O-]. The van der Waals surface area contributed by atoms with Crippen molar-refractivity contribution in [1.82, 2.24) is 9.55 Å². The molecule has 1 aromatic heterocycles. The molecule has 0 atom stereocenters. The number of hydrogen-bond donors (Lipinski definition) is 1. The van der Waals surface area contributed by atoms with Crippen LogP contribution < -0.4 is 4.74 Å². The molecule has 3 aromatic rings. The normalized spacial score (nSPS) is 10.8. The second-order valence-electron chi connectivity index (χ2n) is 5.09. The summed E-state index contributed by atoms with van der Waals surface area (Å²) in [5.41, 5.74) is 0.936. The van der Waals surface area contributed by atoms with Crippen molar-refractivity contribution in [3.05, 3.63) is 52.1 Å². The number of nitro groups is 1. The Bertz CT molecular complexity index is 977. The molecule has 0 aliphatic carbocycles. The van der Waals surface area contributed by atoms with Crippen LogP contribution in [0.5, 0.6) is 5.75 Å². The number of aromatic nitrogens is 2. The summed E-state index contributed by atoms with van der Waals surface area (Å²) in [6.07, 6.45) is 0. The van der Waals surface area contributed by atoms with Crippen molar-refractivity contribution < 1.29 is 19.6 Å². The second kappa shape index (κ2) is 5.65. The minimum absolute atomic E-state index is 0.0416. The maximum absolute atomic E-state index is 11.5. The van der Waals surface area contributed by atoms with Crippen molar-refractivity contribution in [2.24, 2.45) is 7.05 Å². The zero-order chi connectivity index (χ0) is 17.4. The van der Waals surface area contributed by atoms with Gasteiger partial charge in [-0.05, 0) is 24.3 Å². The summed E-state index contributed by atoms with van der Waals surface area (Å²) in [7, 11) is 3.03. The Labute approximate surface area is 136 Å². The molecule has 2 aromatic carbocycles. The molecule has 0 saturated carbocycles. The highest BCUT2D eigenvalue weighted by atomic mass is 16.6. The van der Waals surface area contributed by atoms with E-state index in [9.17, 15) is 20.0 Å². The fraction of sp³-hybridized carbons (Fsp3) is 0.125. The summed E-state index contributed by atoms with van der Waals surface area (Å²) in [4.78, 5) is 26.6. The number of carboxylic acids is 1. The van der Waals surface area contributed by atoms with E-state index in [1.807, 2.05) is 0 Å². The largest absolute Gasteiger partial charge is 0.490 e. The van der Waals surface area contributed by atoms with Crippen LogP contribution in [0.1, 0.15) is 10.4 Å². The maximum atomic E-state index is 11.5. The molecule has 0 unspecified atom stereocenters. The highest BCUT2D eigenvalue weighted by Gasteiger charge is 2.26. The molecule has 0 aliphatic heterocycles. The predicted molar refractivity (Wildman–Crippen MR) is 86.3 cm³/mol. The van der Waals surface area contributed by atoms with E-state index in [2.05, 4.69) is 4.98 Å². The van der Waals surface area contributed by atoms with Crippen LogP contribution >= 0.6 is 0 Å². The van der Waals surface area contributed by atoms with E-state index in [0.29, 0.717) is 11.3 Å². The highest BCUT2D eigenvalue weighted by Crippen LogP contribution is 2.38. The number of methoxy groups -OCH3 is 1. The summed E-state index contributed by atoms with van der Waals surface area (Å²) < 4.78 is 6.70. The number of imidazole rings is 1. The number of para-hydroxylation sites is 2. The van der Waals surface area contributed by atoms with Crippen LogP contribution in [-0.2, 0) is 7.05 Å². The van der Waals surface area contributed by atoms with Crippen molar-refractivity contribution in [3.8, 4) is 17.1 Å². The molecule has 24 heavy (non-hydrogen) atoms. The molecule has 3 rings (SSSR count). The molecule has 8 nitrogen and oxygen atoms in total. The van der Waals surface area contributed by atoms with Crippen LogP contribution in [0.25, 0.3) is 22.4 Å². The number of rotatable bonds is 4. The number of nitro benzene ring substituents is 1. The van der Waals surface area contributed by atoms with E-state index < -0.39 is 10.9 Å². The van der Waals surface area contributed by atoms with E-state index in [0.717, 1.165) is 0 Å². The summed E-state index contributed by atoms with van der Waals surface area (Å²) >= 11 is 0. The summed E-state index contributed by atoms with van der Waals surface area (Å²) in [6, 6.07) is 9.44. The smallest absolute Gasteiger partial charge is 0.337 e. The monoisotopic (exact) mass is 327 g/mol. The van der Waals surface area contributed by atoms with Gasteiger partial charge in [-0.3, -0.25) is 10.1 Å². The maximum Gasteiger partial charge on any atom is 0.337 e. The minimum atomic E-state index is -1.11. The number of fused-ring (bicyclic) bond motifs is 1. The third kappa shape index (κ3) is 2.24. The van der Waals surface area contributed by atoms with Crippen molar-refractivity contribution in [1.29, 1.82) is 0 Å². The van der Waals surface area contributed by atoms with Gasteiger partial charge in [0.15, 0.2) is 5.75 Å². The number of aryl methyl sites for hydroxylation is 1. The van der Waals surface area contributed by atoms with Gasteiger partial charge in [-0.25, -0.2) is 9.78 Å². The van der Waals surface area contributed by atoms with Gasteiger partial charge >= 0.3 is 11.7 Å². The van der Waals surface area contributed by atoms with Gasteiger partial charge in [0.2, 0.25) is 0 Å². The van der Waals surface area contributed by atoms with Crippen LogP contribution in [0.3, 0.4) is 0 Å². The van der Waals surface area contributed by atoms with Gasteiger partial charge in [-0.1, -0.05) is 12.1 Å². The Kier molecular flexibility index (Phi) is 3.64. The molecule has 8 heteroatoms. The standard InChI is InChI=1S/C16H13N3O5/c1-18-11-7-3-5-9(16(20)21)13(11)17-15(18)10-6-4-8-12(24-2)14(10)19(22)23/h3-8H,1-2H3,(H,20,21). The molecular weight excluding hydrogens is 314 g/mol. The molecule has 0 fully saturated rings. The Balaban J connectivity index is 2.36. The van der Waals surface area contributed by atoms with E-state index in [1.165, 1.54) is 19.2 Å². The number of aromatic carboxylic acids is 1. The summed E-state index contributed by atoms with van der Waals surface area (Å²) in [6.45, 7) is 0. The minimum Gasteiger partial charge on any atom is -0.490 e. The van der Waals surface area contributed by atoms with E-state index in [4.69, 9.17) is 4.74 Å². The number of carbonyl (C=O) groups is 1. The van der Waals surface area contributed by atoms with E-state index in [-0.39, 0.29) is 28.1 Å². The van der Waals surface area contributed by atoms with Gasteiger partial charge in [0.1, 0.15) is 11.3 Å². The number of carboxylic acid groups (broad SMARTS) is 1. The molecule has 1 N–H and O–H groups in total. The Morgan fingerprint density at radius 3 is 2.62 bits per heavy atom. The topological polar surface area (TPSA) is 107 Å². The first-order chi connectivity index (χ1) is 11.5. The second-order valence-corrected chi connectivity index (χ2v) is 5.09. The average molecular weight is 327 g/mol. The third-order valence-electron chi connectivity index (χ3n) is 3.78. The zero-order valence-electron chi connectivity index (χ0n) is 12.9. The van der Waals surface area contributed by atoms with Crippen molar-refractivity contribution in [2.45, 2.75) is 0 Å². The molecule has 122 valence electrons. The lowest BCUT2D eigenvalue weighted by molar-refractivity contribution is -0.385. The molecule has 0 aliphatic rings. The first kappa shape index (κ1) is 15.5. The molecule has 0 amide bonds. The van der Waals surface area contributed by atoms with Gasteiger partial charge < -0.3 is 14.4 Å². The van der Waals surface area contributed by atoms with E-state index >= 15 is 0 Å².